The van der Waals surface area contributed by atoms with E-state index < -0.39 is 11.6 Å². The third-order valence-corrected chi connectivity index (χ3v) is 3.43. The van der Waals surface area contributed by atoms with Crippen molar-refractivity contribution < 1.29 is 13.6 Å². The van der Waals surface area contributed by atoms with Gasteiger partial charge in [0.05, 0.1) is 5.56 Å². The van der Waals surface area contributed by atoms with Gasteiger partial charge in [-0.3, -0.25) is 4.79 Å². The van der Waals surface area contributed by atoms with E-state index >= 15 is 0 Å². The van der Waals surface area contributed by atoms with E-state index in [0.29, 0.717) is 11.1 Å². The van der Waals surface area contributed by atoms with Crippen LogP contribution in [0.5, 0.6) is 0 Å². The maximum atomic E-state index is 13.0. The van der Waals surface area contributed by atoms with Gasteiger partial charge in [0.15, 0.2) is 0 Å². The van der Waals surface area contributed by atoms with Crippen molar-refractivity contribution in [3.8, 4) is 0 Å². The first kappa shape index (κ1) is 13.9. The zero-order valence-electron chi connectivity index (χ0n) is 9.79. The summed E-state index contributed by atoms with van der Waals surface area (Å²) in [7, 11) is 0. The van der Waals surface area contributed by atoms with E-state index in [0.717, 1.165) is 9.64 Å². The Kier molecular flexibility index (Phi) is 4.47. The normalized spacial score (nSPS) is 10.3. The van der Waals surface area contributed by atoms with Crippen LogP contribution in [0.25, 0.3) is 0 Å². The molecule has 0 spiro atoms. The number of rotatable bonds is 3. The predicted molar refractivity (Wildman–Crippen MR) is 76.7 cm³/mol. The molecule has 0 bridgehead atoms. The number of hydrogen-bond donors (Lipinski definition) is 1. The molecule has 0 saturated carbocycles. The lowest BCUT2D eigenvalue weighted by atomic mass is 10.2. The molecule has 5 heteroatoms. The number of carbonyl (C=O) groups excluding carboxylic acids is 1. The summed E-state index contributed by atoms with van der Waals surface area (Å²) in [6.07, 6.45) is 0. The molecule has 1 N–H and O–H groups in total. The first-order chi connectivity index (χ1) is 9.06. The second-order valence-electron chi connectivity index (χ2n) is 3.94. The molecular formula is C14H10F2INO. The standard InChI is InChI=1S/C14H10F2INO/c15-10-5-9(6-11(16)7-10)8-18-14(19)12-3-1-2-4-13(12)17/h1-7H,8H2,(H,18,19). The molecule has 0 fully saturated rings. The smallest absolute Gasteiger partial charge is 0.252 e. The quantitative estimate of drug-likeness (QED) is 0.820. The zero-order valence-corrected chi connectivity index (χ0v) is 11.9. The number of benzene rings is 2. The number of amides is 1. The molecular weight excluding hydrogens is 363 g/mol. The van der Waals surface area contributed by atoms with Gasteiger partial charge in [0.1, 0.15) is 11.6 Å². The molecule has 0 saturated heterocycles. The molecule has 0 aliphatic rings. The molecule has 98 valence electrons. The average Bonchev–Trinajstić information content (AvgIpc) is 2.35. The third-order valence-electron chi connectivity index (χ3n) is 2.49. The summed E-state index contributed by atoms with van der Waals surface area (Å²) in [6, 6.07) is 10.3. The highest BCUT2D eigenvalue weighted by Gasteiger charge is 2.09. The van der Waals surface area contributed by atoms with Crippen LogP contribution in [0, 0.1) is 15.2 Å². The van der Waals surface area contributed by atoms with Crippen molar-refractivity contribution in [1.29, 1.82) is 0 Å². The molecule has 2 aromatic rings. The highest BCUT2D eigenvalue weighted by Crippen LogP contribution is 2.12. The molecule has 2 nitrogen and oxygen atoms in total. The highest BCUT2D eigenvalue weighted by atomic mass is 127. The van der Waals surface area contributed by atoms with Gasteiger partial charge in [-0.15, -0.1) is 0 Å². The van der Waals surface area contributed by atoms with Gasteiger partial charge < -0.3 is 5.32 Å². The molecule has 0 heterocycles. The average molecular weight is 373 g/mol. The topological polar surface area (TPSA) is 29.1 Å². The van der Waals surface area contributed by atoms with Crippen LogP contribution >= 0.6 is 22.6 Å². The molecule has 0 atom stereocenters. The van der Waals surface area contributed by atoms with E-state index in [1.165, 1.54) is 12.1 Å². The van der Waals surface area contributed by atoms with Crippen LogP contribution in [0.4, 0.5) is 8.78 Å². The van der Waals surface area contributed by atoms with E-state index in [1.54, 1.807) is 12.1 Å². The summed E-state index contributed by atoms with van der Waals surface area (Å²) < 4.78 is 26.8. The van der Waals surface area contributed by atoms with Crippen molar-refractivity contribution in [2.45, 2.75) is 6.54 Å². The minimum absolute atomic E-state index is 0.0818. The molecule has 0 aliphatic heterocycles. The van der Waals surface area contributed by atoms with Gasteiger partial charge in [-0.05, 0) is 52.4 Å². The zero-order chi connectivity index (χ0) is 13.8. The first-order valence-electron chi connectivity index (χ1n) is 5.54. The van der Waals surface area contributed by atoms with E-state index in [1.807, 2.05) is 12.1 Å². The van der Waals surface area contributed by atoms with Gasteiger partial charge in [-0.1, -0.05) is 12.1 Å². The van der Waals surface area contributed by atoms with Crippen molar-refractivity contribution in [3.63, 3.8) is 0 Å². The molecule has 0 aliphatic carbocycles. The van der Waals surface area contributed by atoms with Gasteiger partial charge >= 0.3 is 0 Å². The summed E-state index contributed by atoms with van der Waals surface area (Å²) in [5.74, 6) is -1.58. The van der Waals surface area contributed by atoms with E-state index in [9.17, 15) is 13.6 Å². The lowest BCUT2D eigenvalue weighted by molar-refractivity contribution is 0.0950. The fourth-order valence-electron chi connectivity index (χ4n) is 1.64. The second kappa shape index (κ2) is 6.10. The Labute approximate surface area is 123 Å². The molecule has 1 amide bonds. The van der Waals surface area contributed by atoms with Crippen molar-refractivity contribution in [2.24, 2.45) is 0 Å². The monoisotopic (exact) mass is 373 g/mol. The Hall–Kier alpha value is -1.50. The van der Waals surface area contributed by atoms with E-state index in [2.05, 4.69) is 27.9 Å². The molecule has 19 heavy (non-hydrogen) atoms. The molecule has 2 rings (SSSR count). The Morgan fingerprint density at radius 1 is 1.11 bits per heavy atom. The largest absolute Gasteiger partial charge is 0.348 e. The first-order valence-corrected chi connectivity index (χ1v) is 6.62. The van der Waals surface area contributed by atoms with Crippen molar-refractivity contribution >= 4 is 28.5 Å². The minimum Gasteiger partial charge on any atom is -0.348 e. The summed E-state index contributed by atoms with van der Waals surface area (Å²) in [6.45, 7) is 0.0818. The molecule has 0 aromatic heterocycles. The fourth-order valence-corrected chi connectivity index (χ4v) is 2.27. The van der Waals surface area contributed by atoms with Crippen LogP contribution < -0.4 is 5.32 Å². The fraction of sp³-hybridized carbons (Fsp3) is 0.0714. The number of halogens is 3. The van der Waals surface area contributed by atoms with Crippen LogP contribution in [0.2, 0.25) is 0 Å². The van der Waals surface area contributed by atoms with Crippen LogP contribution in [0.1, 0.15) is 15.9 Å². The van der Waals surface area contributed by atoms with Gasteiger partial charge in [0.2, 0.25) is 0 Å². The van der Waals surface area contributed by atoms with Crippen LogP contribution in [0.3, 0.4) is 0 Å². The Morgan fingerprint density at radius 2 is 1.74 bits per heavy atom. The molecule has 2 aromatic carbocycles. The Morgan fingerprint density at radius 3 is 2.37 bits per heavy atom. The second-order valence-corrected chi connectivity index (χ2v) is 5.10. The maximum Gasteiger partial charge on any atom is 0.252 e. The minimum atomic E-state index is -0.654. The lowest BCUT2D eigenvalue weighted by Gasteiger charge is -2.07. The number of nitrogens with one attached hydrogen (secondary N) is 1. The van der Waals surface area contributed by atoms with E-state index in [-0.39, 0.29) is 12.5 Å². The van der Waals surface area contributed by atoms with Crippen LogP contribution in [0.15, 0.2) is 42.5 Å². The maximum absolute atomic E-state index is 13.0. The van der Waals surface area contributed by atoms with Gasteiger partial charge in [0, 0.05) is 16.2 Å². The van der Waals surface area contributed by atoms with E-state index in [4.69, 9.17) is 0 Å². The van der Waals surface area contributed by atoms with Crippen molar-refractivity contribution in [3.05, 3.63) is 68.8 Å². The summed E-state index contributed by atoms with van der Waals surface area (Å²) in [5, 5.41) is 2.63. The van der Waals surface area contributed by atoms with Crippen molar-refractivity contribution in [1.82, 2.24) is 5.32 Å². The third kappa shape index (κ3) is 3.73. The number of carbonyl (C=O) groups is 1. The van der Waals surface area contributed by atoms with Gasteiger partial charge in [0.25, 0.3) is 5.91 Å². The Balaban J connectivity index is 2.07. The SMILES string of the molecule is O=C(NCc1cc(F)cc(F)c1)c1ccccc1I. The molecule has 0 unspecified atom stereocenters. The predicted octanol–water partition coefficient (Wildman–Crippen LogP) is 3.50. The van der Waals surface area contributed by atoms with Gasteiger partial charge in [-0.25, -0.2) is 8.78 Å². The van der Waals surface area contributed by atoms with Crippen LogP contribution in [-0.4, -0.2) is 5.91 Å². The summed E-state index contributed by atoms with van der Waals surface area (Å²) in [5.41, 5.74) is 0.928. The lowest BCUT2D eigenvalue weighted by Crippen LogP contribution is -2.23. The highest BCUT2D eigenvalue weighted by molar-refractivity contribution is 14.1. The number of hydrogen-bond acceptors (Lipinski definition) is 1. The Bertz CT molecular complexity index is 596. The van der Waals surface area contributed by atoms with Gasteiger partial charge in [-0.2, -0.15) is 0 Å². The van der Waals surface area contributed by atoms with Crippen molar-refractivity contribution in [2.75, 3.05) is 0 Å². The summed E-state index contributed by atoms with van der Waals surface area (Å²) >= 11 is 2.06. The summed E-state index contributed by atoms with van der Waals surface area (Å²) in [4.78, 5) is 11.9. The molecule has 0 radical (unpaired) electrons. The van der Waals surface area contributed by atoms with Crippen LogP contribution in [-0.2, 0) is 6.54 Å².